The molecule has 1 unspecified atom stereocenters. The van der Waals surface area contributed by atoms with E-state index in [4.69, 9.17) is 0 Å². The Balaban J connectivity index is 1.56. The number of rotatable bonds is 3. The summed E-state index contributed by atoms with van der Waals surface area (Å²) in [6.45, 7) is 3.97. The lowest BCUT2D eigenvalue weighted by molar-refractivity contribution is 0.673. The van der Waals surface area contributed by atoms with Crippen molar-refractivity contribution in [3.8, 4) is 0 Å². The molecule has 6 heteroatoms. The second-order valence-electron chi connectivity index (χ2n) is 5.96. The van der Waals surface area contributed by atoms with Crippen LogP contribution in [0, 0.1) is 6.92 Å². The van der Waals surface area contributed by atoms with Crippen molar-refractivity contribution in [2.24, 2.45) is 0 Å². The highest BCUT2D eigenvalue weighted by molar-refractivity contribution is 7.17. The van der Waals surface area contributed by atoms with Crippen LogP contribution in [0.1, 0.15) is 12.1 Å². The van der Waals surface area contributed by atoms with Crippen molar-refractivity contribution in [1.29, 1.82) is 0 Å². The van der Waals surface area contributed by atoms with E-state index in [1.165, 1.54) is 10.1 Å². The third kappa shape index (κ3) is 2.63. The number of anilines is 2. The molecule has 1 fully saturated rings. The molecule has 0 N–H and O–H groups in total. The molecule has 1 aliphatic rings. The highest BCUT2D eigenvalue weighted by atomic mass is 32.1. The number of aryl methyl sites for hydroxylation is 1. The molecular formula is C17H19N5S. The first-order chi connectivity index (χ1) is 11.2. The zero-order valence-corrected chi connectivity index (χ0v) is 14.1. The first-order valence-corrected chi connectivity index (χ1v) is 8.70. The minimum absolute atomic E-state index is 0.410. The van der Waals surface area contributed by atoms with E-state index in [-0.39, 0.29) is 0 Å². The van der Waals surface area contributed by atoms with Gasteiger partial charge in [-0.05, 0) is 36.9 Å². The van der Waals surface area contributed by atoms with Crippen molar-refractivity contribution in [3.05, 3.63) is 41.7 Å². The second-order valence-corrected chi connectivity index (χ2v) is 6.91. The molecule has 0 amide bonds. The number of fused-ring (bicyclic) bond motifs is 1. The van der Waals surface area contributed by atoms with Crippen LogP contribution in [-0.2, 0) is 0 Å². The van der Waals surface area contributed by atoms with Crippen LogP contribution in [0.3, 0.4) is 0 Å². The molecule has 23 heavy (non-hydrogen) atoms. The first-order valence-electron chi connectivity index (χ1n) is 7.82. The molecule has 4 rings (SSSR count). The van der Waals surface area contributed by atoms with Crippen LogP contribution in [0.5, 0.6) is 0 Å². The molecule has 0 aromatic carbocycles. The van der Waals surface area contributed by atoms with Gasteiger partial charge in [-0.25, -0.2) is 15.0 Å². The van der Waals surface area contributed by atoms with Crippen LogP contribution >= 0.6 is 11.3 Å². The Hall–Kier alpha value is -2.21. The minimum atomic E-state index is 0.410. The van der Waals surface area contributed by atoms with Crippen LogP contribution in [0.2, 0.25) is 0 Å². The standard InChI is InChI=1S/C17H19N5S/c1-12-3-7-19-17(20-12)21(2)13-5-9-22(11-13)16-14-6-10-23-15(14)4-8-18-16/h3-4,6-8,10,13H,5,9,11H2,1-2H3. The minimum Gasteiger partial charge on any atom is -0.354 e. The number of likely N-dealkylation sites (N-methyl/N-ethyl adjacent to an activating group) is 1. The molecule has 5 nitrogen and oxygen atoms in total. The number of pyridine rings is 1. The van der Waals surface area contributed by atoms with E-state index in [0.717, 1.165) is 37.0 Å². The predicted octanol–water partition coefficient (Wildman–Crippen LogP) is 3.11. The summed E-state index contributed by atoms with van der Waals surface area (Å²) < 4.78 is 1.30. The van der Waals surface area contributed by atoms with Crippen LogP contribution in [0.15, 0.2) is 36.0 Å². The summed E-state index contributed by atoms with van der Waals surface area (Å²) in [6, 6.07) is 6.60. The molecule has 0 aliphatic carbocycles. The van der Waals surface area contributed by atoms with E-state index in [2.05, 4.69) is 49.3 Å². The Morgan fingerprint density at radius 3 is 2.96 bits per heavy atom. The second kappa shape index (κ2) is 5.77. The molecule has 0 bridgehead atoms. The molecule has 3 aromatic rings. The Kier molecular flexibility index (Phi) is 3.61. The van der Waals surface area contributed by atoms with Crippen LogP contribution in [-0.4, -0.2) is 41.1 Å². The Labute approximate surface area is 139 Å². The summed E-state index contributed by atoms with van der Waals surface area (Å²) in [6.07, 6.45) is 4.83. The predicted molar refractivity (Wildman–Crippen MR) is 95.4 cm³/mol. The van der Waals surface area contributed by atoms with Crippen molar-refractivity contribution < 1.29 is 0 Å². The molecule has 118 valence electrons. The van der Waals surface area contributed by atoms with Crippen molar-refractivity contribution in [1.82, 2.24) is 15.0 Å². The van der Waals surface area contributed by atoms with Gasteiger partial charge in [0.15, 0.2) is 0 Å². The SMILES string of the molecule is Cc1ccnc(N(C)C2CCN(c3nccc4sccc34)C2)n1. The summed E-state index contributed by atoms with van der Waals surface area (Å²) in [7, 11) is 2.08. The summed E-state index contributed by atoms with van der Waals surface area (Å²) in [5.41, 5.74) is 1.00. The molecule has 0 radical (unpaired) electrons. The highest BCUT2D eigenvalue weighted by Crippen LogP contribution is 2.31. The van der Waals surface area contributed by atoms with Crippen molar-refractivity contribution >= 4 is 33.2 Å². The number of hydrogen-bond donors (Lipinski definition) is 0. The Morgan fingerprint density at radius 1 is 1.22 bits per heavy atom. The van der Waals surface area contributed by atoms with Gasteiger partial charge in [0.1, 0.15) is 5.82 Å². The zero-order chi connectivity index (χ0) is 15.8. The molecule has 3 aromatic heterocycles. The molecule has 4 heterocycles. The van der Waals surface area contributed by atoms with Crippen LogP contribution in [0.25, 0.3) is 10.1 Å². The van der Waals surface area contributed by atoms with E-state index in [0.29, 0.717) is 6.04 Å². The average molecular weight is 325 g/mol. The molecule has 1 saturated heterocycles. The first kappa shape index (κ1) is 14.4. The van der Waals surface area contributed by atoms with E-state index >= 15 is 0 Å². The van der Waals surface area contributed by atoms with E-state index in [1.54, 1.807) is 11.3 Å². The van der Waals surface area contributed by atoms with Gasteiger partial charge < -0.3 is 9.80 Å². The molecular weight excluding hydrogens is 306 g/mol. The molecule has 1 aliphatic heterocycles. The Morgan fingerprint density at radius 2 is 2.09 bits per heavy atom. The third-order valence-corrected chi connectivity index (χ3v) is 5.35. The maximum absolute atomic E-state index is 4.62. The fraction of sp³-hybridized carbons (Fsp3) is 0.353. The van der Waals surface area contributed by atoms with Crippen molar-refractivity contribution in [3.63, 3.8) is 0 Å². The van der Waals surface area contributed by atoms with E-state index in [9.17, 15) is 0 Å². The molecule has 1 atom stereocenters. The quantitative estimate of drug-likeness (QED) is 0.740. The lowest BCUT2D eigenvalue weighted by atomic mass is 10.2. The summed E-state index contributed by atoms with van der Waals surface area (Å²) in [5, 5.41) is 3.39. The van der Waals surface area contributed by atoms with Crippen LogP contribution < -0.4 is 9.80 Å². The average Bonchev–Trinajstić information content (AvgIpc) is 3.23. The fourth-order valence-electron chi connectivity index (χ4n) is 3.15. The topological polar surface area (TPSA) is 45.2 Å². The maximum Gasteiger partial charge on any atom is 0.225 e. The van der Waals surface area contributed by atoms with Gasteiger partial charge in [-0.3, -0.25) is 0 Å². The van der Waals surface area contributed by atoms with Gasteiger partial charge in [0.25, 0.3) is 0 Å². The Bertz CT molecular complexity index is 830. The number of nitrogens with zero attached hydrogens (tertiary/aromatic N) is 5. The summed E-state index contributed by atoms with van der Waals surface area (Å²) >= 11 is 1.77. The summed E-state index contributed by atoms with van der Waals surface area (Å²) in [5.74, 6) is 1.91. The monoisotopic (exact) mass is 325 g/mol. The largest absolute Gasteiger partial charge is 0.354 e. The number of hydrogen-bond acceptors (Lipinski definition) is 6. The normalized spacial score (nSPS) is 17.8. The van der Waals surface area contributed by atoms with Crippen molar-refractivity contribution in [2.75, 3.05) is 29.9 Å². The number of aromatic nitrogens is 3. The van der Waals surface area contributed by atoms with E-state index in [1.807, 2.05) is 25.4 Å². The van der Waals surface area contributed by atoms with Crippen LogP contribution in [0.4, 0.5) is 11.8 Å². The lowest BCUT2D eigenvalue weighted by Crippen LogP contribution is -2.35. The van der Waals surface area contributed by atoms with Gasteiger partial charge in [0.2, 0.25) is 5.95 Å². The lowest BCUT2D eigenvalue weighted by Gasteiger charge is -2.25. The van der Waals surface area contributed by atoms with Crippen molar-refractivity contribution in [2.45, 2.75) is 19.4 Å². The highest BCUT2D eigenvalue weighted by Gasteiger charge is 2.28. The van der Waals surface area contributed by atoms with E-state index < -0.39 is 0 Å². The molecule has 0 spiro atoms. The fourth-order valence-corrected chi connectivity index (χ4v) is 3.93. The van der Waals surface area contributed by atoms with Gasteiger partial charge >= 0.3 is 0 Å². The molecule has 0 saturated carbocycles. The summed E-state index contributed by atoms with van der Waals surface area (Å²) in [4.78, 5) is 18.1. The van der Waals surface area contributed by atoms with Gasteiger partial charge in [-0.15, -0.1) is 11.3 Å². The number of thiophene rings is 1. The zero-order valence-electron chi connectivity index (χ0n) is 13.3. The van der Waals surface area contributed by atoms with Gasteiger partial charge in [0.05, 0.1) is 6.04 Å². The third-order valence-electron chi connectivity index (χ3n) is 4.47. The van der Waals surface area contributed by atoms with Gasteiger partial charge in [-0.2, -0.15) is 0 Å². The van der Waals surface area contributed by atoms with Gasteiger partial charge in [-0.1, -0.05) is 0 Å². The van der Waals surface area contributed by atoms with Gasteiger partial charge in [0, 0.05) is 48.3 Å². The smallest absolute Gasteiger partial charge is 0.225 e. The maximum atomic E-state index is 4.62.